The van der Waals surface area contributed by atoms with E-state index in [1.54, 1.807) is 11.1 Å². The third-order valence-electron chi connectivity index (χ3n) is 2.45. The number of nitrogens with zero attached hydrogens (tertiary/aromatic N) is 2. The highest BCUT2D eigenvalue weighted by molar-refractivity contribution is 9.10. The van der Waals surface area contributed by atoms with Crippen molar-refractivity contribution in [2.24, 2.45) is 0 Å². The highest BCUT2D eigenvalue weighted by Crippen LogP contribution is 2.19. The number of pyridine rings is 1. The first-order valence-corrected chi connectivity index (χ1v) is 5.55. The van der Waals surface area contributed by atoms with Gasteiger partial charge in [0.25, 0.3) is 0 Å². The molecule has 2 atom stereocenters. The molecule has 0 unspecified atom stereocenters. The minimum Gasteiger partial charge on any atom is -0.293 e. The molecule has 1 aliphatic rings. The second-order valence-corrected chi connectivity index (χ2v) is 4.53. The molecular formula is C10H11BrF2N2. The van der Waals surface area contributed by atoms with Crippen LogP contribution in [-0.4, -0.2) is 35.3 Å². The van der Waals surface area contributed by atoms with Gasteiger partial charge in [-0.1, -0.05) is 6.07 Å². The molecule has 2 nitrogen and oxygen atoms in total. The van der Waals surface area contributed by atoms with Crippen LogP contribution in [0, 0.1) is 0 Å². The van der Waals surface area contributed by atoms with E-state index in [-0.39, 0.29) is 13.1 Å². The van der Waals surface area contributed by atoms with E-state index in [9.17, 15) is 8.78 Å². The smallest absolute Gasteiger partial charge is 0.145 e. The van der Waals surface area contributed by atoms with E-state index in [0.717, 1.165) is 10.2 Å². The van der Waals surface area contributed by atoms with Crippen LogP contribution < -0.4 is 0 Å². The van der Waals surface area contributed by atoms with Crippen LogP contribution in [0.4, 0.5) is 8.78 Å². The van der Waals surface area contributed by atoms with Crippen LogP contribution in [0.1, 0.15) is 5.56 Å². The second-order valence-electron chi connectivity index (χ2n) is 3.72. The lowest BCUT2D eigenvalue weighted by Crippen LogP contribution is -2.20. The summed E-state index contributed by atoms with van der Waals surface area (Å²) in [5, 5.41) is 0. The van der Waals surface area contributed by atoms with Crippen LogP contribution in [0.5, 0.6) is 0 Å². The Balaban J connectivity index is 1.95. The number of rotatable bonds is 2. The van der Waals surface area contributed by atoms with E-state index in [1.165, 1.54) is 0 Å². The monoisotopic (exact) mass is 276 g/mol. The summed E-state index contributed by atoms with van der Waals surface area (Å²) in [5.41, 5.74) is 0.972. The first kappa shape index (κ1) is 11.0. The van der Waals surface area contributed by atoms with Gasteiger partial charge in [-0.05, 0) is 27.6 Å². The zero-order valence-corrected chi connectivity index (χ0v) is 9.62. The molecule has 2 heterocycles. The average Bonchev–Trinajstić information content (AvgIpc) is 2.50. The molecule has 1 aromatic rings. The molecule has 2 rings (SSSR count). The van der Waals surface area contributed by atoms with Crippen LogP contribution in [0.2, 0.25) is 0 Å². The molecule has 0 amide bonds. The van der Waals surface area contributed by atoms with Crippen LogP contribution in [0.3, 0.4) is 0 Å². The molecule has 15 heavy (non-hydrogen) atoms. The van der Waals surface area contributed by atoms with Gasteiger partial charge in [0.05, 0.1) is 0 Å². The minimum atomic E-state index is -1.34. The maximum Gasteiger partial charge on any atom is 0.145 e. The van der Waals surface area contributed by atoms with Crippen molar-refractivity contribution in [3.8, 4) is 0 Å². The van der Waals surface area contributed by atoms with Crippen molar-refractivity contribution in [2.45, 2.75) is 18.9 Å². The number of aromatic nitrogens is 1. The maximum absolute atomic E-state index is 12.9. The Kier molecular flexibility index (Phi) is 3.31. The zero-order chi connectivity index (χ0) is 10.8. The van der Waals surface area contributed by atoms with Gasteiger partial charge in [0.1, 0.15) is 16.9 Å². The lowest BCUT2D eigenvalue weighted by Gasteiger charge is -2.13. The fourth-order valence-electron chi connectivity index (χ4n) is 1.68. The average molecular weight is 277 g/mol. The first-order chi connectivity index (χ1) is 7.15. The normalized spacial score (nSPS) is 27.1. The zero-order valence-electron chi connectivity index (χ0n) is 8.04. The summed E-state index contributed by atoms with van der Waals surface area (Å²) in [6.07, 6.45) is -0.968. The van der Waals surface area contributed by atoms with Gasteiger partial charge >= 0.3 is 0 Å². The van der Waals surface area contributed by atoms with Gasteiger partial charge < -0.3 is 0 Å². The summed E-state index contributed by atoms with van der Waals surface area (Å²) in [6.45, 7) is 0.912. The van der Waals surface area contributed by atoms with Crippen LogP contribution in [-0.2, 0) is 6.54 Å². The minimum absolute atomic E-state index is 0.178. The van der Waals surface area contributed by atoms with Gasteiger partial charge in [-0.3, -0.25) is 4.90 Å². The predicted octanol–water partition coefficient (Wildman–Crippen LogP) is 2.34. The summed E-state index contributed by atoms with van der Waals surface area (Å²) in [7, 11) is 0. The van der Waals surface area contributed by atoms with Gasteiger partial charge in [0.15, 0.2) is 0 Å². The standard InChI is InChI=1S/C10H11BrF2N2/c11-10-2-1-7(3-14-10)4-15-5-8(12)9(13)6-15/h1-3,8-9H,4-6H2/t8-,9+. The highest BCUT2D eigenvalue weighted by Gasteiger charge is 2.32. The Labute approximate surface area is 95.4 Å². The molecular weight excluding hydrogens is 266 g/mol. The molecule has 5 heteroatoms. The topological polar surface area (TPSA) is 16.1 Å². The summed E-state index contributed by atoms with van der Waals surface area (Å²) in [4.78, 5) is 5.83. The Morgan fingerprint density at radius 1 is 1.33 bits per heavy atom. The van der Waals surface area contributed by atoms with E-state index >= 15 is 0 Å². The van der Waals surface area contributed by atoms with Crippen molar-refractivity contribution in [2.75, 3.05) is 13.1 Å². The van der Waals surface area contributed by atoms with Crippen molar-refractivity contribution < 1.29 is 8.78 Å². The molecule has 0 spiro atoms. The van der Waals surface area contributed by atoms with E-state index in [1.807, 2.05) is 12.1 Å². The lowest BCUT2D eigenvalue weighted by molar-refractivity contribution is 0.217. The third-order valence-corrected chi connectivity index (χ3v) is 2.92. The number of halogens is 3. The molecule has 1 aromatic heterocycles. The molecule has 1 aliphatic heterocycles. The van der Waals surface area contributed by atoms with Crippen molar-refractivity contribution >= 4 is 15.9 Å². The van der Waals surface area contributed by atoms with Crippen LogP contribution in [0.25, 0.3) is 0 Å². The van der Waals surface area contributed by atoms with Crippen LogP contribution in [0.15, 0.2) is 22.9 Å². The van der Waals surface area contributed by atoms with E-state index in [0.29, 0.717) is 6.54 Å². The molecule has 1 saturated heterocycles. The summed E-state index contributed by atoms with van der Waals surface area (Å²) >= 11 is 3.23. The Hall–Kier alpha value is -0.550. The quantitative estimate of drug-likeness (QED) is 0.771. The van der Waals surface area contributed by atoms with E-state index < -0.39 is 12.3 Å². The summed E-state index contributed by atoms with van der Waals surface area (Å²) in [5.74, 6) is 0. The van der Waals surface area contributed by atoms with Gasteiger partial charge in [-0.15, -0.1) is 0 Å². The fraction of sp³-hybridized carbons (Fsp3) is 0.500. The molecule has 0 N–H and O–H groups in total. The third kappa shape index (κ3) is 2.72. The largest absolute Gasteiger partial charge is 0.293 e. The fourth-order valence-corrected chi connectivity index (χ4v) is 1.92. The SMILES string of the molecule is F[C@@H]1CN(Cc2ccc(Br)nc2)C[C@@H]1F. The Morgan fingerprint density at radius 3 is 2.53 bits per heavy atom. The predicted molar refractivity (Wildman–Crippen MR) is 57.0 cm³/mol. The van der Waals surface area contributed by atoms with Crippen molar-refractivity contribution in [1.82, 2.24) is 9.88 Å². The molecule has 0 bridgehead atoms. The van der Waals surface area contributed by atoms with Gasteiger partial charge in [-0.25, -0.2) is 13.8 Å². The second kappa shape index (κ2) is 4.53. The van der Waals surface area contributed by atoms with E-state index in [2.05, 4.69) is 20.9 Å². The molecule has 0 radical (unpaired) electrons. The van der Waals surface area contributed by atoms with Crippen molar-refractivity contribution in [3.05, 3.63) is 28.5 Å². The van der Waals surface area contributed by atoms with Gasteiger partial charge in [-0.2, -0.15) is 0 Å². The molecule has 0 aliphatic carbocycles. The number of hydrogen-bond donors (Lipinski definition) is 0. The number of alkyl halides is 2. The Morgan fingerprint density at radius 2 is 2.00 bits per heavy atom. The maximum atomic E-state index is 12.9. The number of likely N-dealkylation sites (tertiary alicyclic amines) is 1. The van der Waals surface area contributed by atoms with Gasteiger partial charge in [0.2, 0.25) is 0 Å². The Bertz CT molecular complexity index is 321. The van der Waals surface area contributed by atoms with Crippen molar-refractivity contribution in [1.29, 1.82) is 0 Å². The summed E-state index contributed by atoms with van der Waals surface area (Å²) < 4.78 is 26.6. The number of hydrogen-bond acceptors (Lipinski definition) is 2. The molecule has 0 aromatic carbocycles. The first-order valence-electron chi connectivity index (χ1n) is 4.76. The molecule has 1 fully saturated rings. The molecule has 0 saturated carbocycles. The molecule has 82 valence electrons. The summed E-state index contributed by atoms with van der Waals surface area (Å²) in [6, 6.07) is 3.72. The highest BCUT2D eigenvalue weighted by atomic mass is 79.9. The lowest BCUT2D eigenvalue weighted by atomic mass is 10.3. The van der Waals surface area contributed by atoms with Gasteiger partial charge in [0, 0.05) is 25.8 Å². The van der Waals surface area contributed by atoms with E-state index in [4.69, 9.17) is 0 Å². The van der Waals surface area contributed by atoms with Crippen LogP contribution >= 0.6 is 15.9 Å². The van der Waals surface area contributed by atoms with Crippen molar-refractivity contribution in [3.63, 3.8) is 0 Å².